The molecule has 17 heavy (non-hydrogen) atoms. The lowest BCUT2D eigenvalue weighted by Gasteiger charge is -2.24. The molecule has 1 aromatic carbocycles. The van der Waals surface area contributed by atoms with Crippen molar-refractivity contribution in [1.82, 2.24) is 9.97 Å². The molecule has 1 atom stereocenters. The number of nitrogens with zero attached hydrogens (tertiary/aromatic N) is 2. The van der Waals surface area contributed by atoms with Crippen molar-refractivity contribution in [3.63, 3.8) is 0 Å². The molecule has 1 aliphatic heterocycles. The lowest BCUT2D eigenvalue weighted by atomic mass is 10.1. The van der Waals surface area contributed by atoms with Gasteiger partial charge in [-0.1, -0.05) is 18.2 Å². The summed E-state index contributed by atoms with van der Waals surface area (Å²) in [4.78, 5) is 10.0. The molecule has 2 heterocycles. The monoisotopic (exact) mass is 227 g/mol. The average Bonchev–Trinajstić information content (AvgIpc) is 2.85. The van der Waals surface area contributed by atoms with Crippen molar-refractivity contribution in [2.24, 2.45) is 0 Å². The first-order chi connectivity index (χ1) is 8.24. The van der Waals surface area contributed by atoms with E-state index in [-0.39, 0.29) is 0 Å². The molecule has 0 fully saturated rings. The Morgan fingerprint density at radius 3 is 3.00 bits per heavy atom. The van der Waals surface area contributed by atoms with Gasteiger partial charge in [-0.2, -0.15) is 0 Å². The Balaban J connectivity index is 1.88. The molecule has 3 nitrogen and oxygen atoms in total. The van der Waals surface area contributed by atoms with Crippen LogP contribution in [0.15, 0.2) is 30.5 Å². The van der Waals surface area contributed by atoms with Gasteiger partial charge in [-0.15, -0.1) is 0 Å². The predicted molar refractivity (Wildman–Crippen MR) is 69.1 cm³/mol. The van der Waals surface area contributed by atoms with E-state index in [0.717, 1.165) is 18.8 Å². The fourth-order valence-electron chi connectivity index (χ4n) is 2.61. The highest BCUT2D eigenvalue weighted by atomic mass is 15.2. The number of nitrogens with one attached hydrogen (secondary N) is 1. The summed E-state index contributed by atoms with van der Waals surface area (Å²) in [6, 6.07) is 9.24. The van der Waals surface area contributed by atoms with Crippen LogP contribution in [-0.4, -0.2) is 16.0 Å². The molecule has 1 N–H and O–H groups in total. The van der Waals surface area contributed by atoms with Gasteiger partial charge in [0.1, 0.15) is 5.82 Å². The van der Waals surface area contributed by atoms with Crippen LogP contribution >= 0.6 is 0 Å². The summed E-state index contributed by atoms with van der Waals surface area (Å²) in [7, 11) is 0. The van der Waals surface area contributed by atoms with Crippen LogP contribution in [0.25, 0.3) is 0 Å². The number of rotatable bonds is 2. The Hall–Kier alpha value is -1.77. The normalized spacial score (nSPS) is 18.5. The van der Waals surface area contributed by atoms with E-state index in [1.54, 1.807) is 0 Å². The van der Waals surface area contributed by atoms with Gasteiger partial charge in [0.15, 0.2) is 0 Å². The van der Waals surface area contributed by atoms with Gasteiger partial charge < -0.3 is 9.88 Å². The number of fused-ring (bicyclic) bond motifs is 1. The highest BCUT2D eigenvalue weighted by Gasteiger charge is 2.25. The van der Waals surface area contributed by atoms with Gasteiger partial charge >= 0.3 is 0 Å². The summed E-state index contributed by atoms with van der Waals surface area (Å²) >= 11 is 0. The first kappa shape index (κ1) is 10.4. The maximum atomic E-state index is 4.26. The molecule has 0 saturated heterocycles. The van der Waals surface area contributed by atoms with Crippen LogP contribution in [-0.2, 0) is 13.0 Å². The predicted octanol–water partition coefficient (Wildman–Crippen LogP) is 2.67. The minimum absolute atomic E-state index is 0.566. The Morgan fingerprint density at radius 2 is 2.24 bits per heavy atom. The molecule has 0 radical (unpaired) electrons. The zero-order valence-electron chi connectivity index (χ0n) is 10.3. The lowest BCUT2D eigenvalue weighted by molar-refractivity contribution is 0.666. The quantitative estimate of drug-likeness (QED) is 0.855. The Bertz CT molecular complexity index is 530. The number of hydrogen-bond acceptors (Lipinski definition) is 2. The smallest absolute Gasteiger partial charge is 0.103 e. The summed E-state index contributed by atoms with van der Waals surface area (Å²) in [5.41, 5.74) is 4.01. The number of aryl methyl sites for hydroxylation is 1. The van der Waals surface area contributed by atoms with E-state index in [1.807, 2.05) is 13.1 Å². The van der Waals surface area contributed by atoms with Crippen LogP contribution < -0.4 is 4.90 Å². The molecule has 2 aromatic rings. The molecule has 3 heteroatoms. The molecular formula is C14H17N3. The van der Waals surface area contributed by atoms with Crippen LogP contribution in [0.3, 0.4) is 0 Å². The fraction of sp³-hybridized carbons (Fsp3) is 0.357. The SMILES string of the molecule is Cc1ncc(CN2c3ccccc3C[C@@H]2C)[nH]1. The van der Waals surface area contributed by atoms with E-state index in [9.17, 15) is 0 Å². The highest BCUT2D eigenvalue weighted by molar-refractivity contribution is 5.59. The second kappa shape index (κ2) is 3.91. The minimum Gasteiger partial charge on any atom is -0.362 e. The fourth-order valence-corrected chi connectivity index (χ4v) is 2.61. The Morgan fingerprint density at radius 1 is 1.41 bits per heavy atom. The van der Waals surface area contributed by atoms with E-state index in [4.69, 9.17) is 0 Å². The molecule has 1 aromatic heterocycles. The molecule has 3 rings (SSSR count). The standard InChI is InChI=1S/C14H17N3/c1-10-7-12-5-3-4-6-14(12)17(10)9-13-8-15-11(2)16-13/h3-6,8,10H,7,9H2,1-2H3,(H,15,16)/t10-/m0/s1. The molecule has 88 valence electrons. The average molecular weight is 227 g/mol. The van der Waals surface area contributed by atoms with Gasteiger partial charge in [0, 0.05) is 11.7 Å². The first-order valence-corrected chi connectivity index (χ1v) is 6.09. The van der Waals surface area contributed by atoms with Crippen molar-refractivity contribution < 1.29 is 0 Å². The zero-order chi connectivity index (χ0) is 11.8. The number of imidazole rings is 1. The van der Waals surface area contributed by atoms with E-state index >= 15 is 0 Å². The third-order valence-corrected chi connectivity index (χ3v) is 3.44. The number of benzene rings is 1. The molecular weight excluding hydrogens is 210 g/mol. The Labute approximate surface area is 101 Å². The molecule has 1 aliphatic rings. The molecule has 0 spiro atoms. The van der Waals surface area contributed by atoms with Crippen molar-refractivity contribution in [2.75, 3.05) is 4.90 Å². The van der Waals surface area contributed by atoms with E-state index in [0.29, 0.717) is 6.04 Å². The van der Waals surface area contributed by atoms with Crippen LogP contribution in [0.5, 0.6) is 0 Å². The molecule has 0 bridgehead atoms. The number of para-hydroxylation sites is 1. The van der Waals surface area contributed by atoms with Gasteiger partial charge in [0.05, 0.1) is 18.4 Å². The summed E-state index contributed by atoms with van der Waals surface area (Å²) in [6.45, 7) is 5.19. The number of H-pyrrole nitrogens is 1. The highest BCUT2D eigenvalue weighted by Crippen LogP contribution is 2.32. The lowest BCUT2D eigenvalue weighted by Crippen LogP contribution is -2.28. The summed E-state index contributed by atoms with van der Waals surface area (Å²) < 4.78 is 0. The van der Waals surface area contributed by atoms with Gasteiger partial charge in [-0.05, 0) is 31.9 Å². The van der Waals surface area contributed by atoms with Crippen molar-refractivity contribution in [3.05, 3.63) is 47.5 Å². The molecule has 0 amide bonds. The molecule has 0 aliphatic carbocycles. The van der Waals surface area contributed by atoms with Crippen LogP contribution in [0.1, 0.15) is 24.0 Å². The van der Waals surface area contributed by atoms with Crippen molar-refractivity contribution in [1.29, 1.82) is 0 Å². The second-order valence-electron chi connectivity index (χ2n) is 4.80. The van der Waals surface area contributed by atoms with Gasteiger partial charge in [0.2, 0.25) is 0 Å². The Kier molecular flexibility index (Phi) is 2.39. The number of hydrogen-bond donors (Lipinski definition) is 1. The van der Waals surface area contributed by atoms with Gasteiger partial charge in [-0.25, -0.2) is 4.98 Å². The van der Waals surface area contributed by atoms with E-state index < -0.39 is 0 Å². The second-order valence-corrected chi connectivity index (χ2v) is 4.80. The van der Waals surface area contributed by atoms with Crippen LogP contribution in [0.4, 0.5) is 5.69 Å². The van der Waals surface area contributed by atoms with Crippen molar-refractivity contribution in [2.45, 2.75) is 32.9 Å². The number of aromatic amines is 1. The maximum absolute atomic E-state index is 4.26. The minimum atomic E-state index is 0.566. The summed E-state index contributed by atoms with van der Waals surface area (Å²) in [6.07, 6.45) is 3.08. The van der Waals surface area contributed by atoms with Gasteiger partial charge in [-0.3, -0.25) is 0 Å². The first-order valence-electron chi connectivity index (χ1n) is 6.09. The van der Waals surface area contributed by atoms with Crippen LogP contribution in [0, 0.1) is 6.92 Å². The zero-order valence-corrected chi connectivity index (χ0v) is 10.3. The third kappa shape index (κ3) is 1.82. The van der Waals surface area contributed by atoms with Crippen molar-refractivity contribution in [3.8, 4) is 0 Å². The van der Waals surface area contributed by atoms with Crippen LogP contribution in [0.2, 0.25) is 0 Å². The maximum Gasteiger partial charge on any atom is 0.103 e. The van der Waals surface area contributed by atoms with Gasteiger partial charge in [0.25, 0.3) is 0 Å². The van der Waals surface area contributed by atoms with E-state index in [2.05, 4.69) is 46.1 Å². The molecule has 0 saturated carbocycles. The third-order valence-electron chi connectivity index (χ3n) is 3.44. The summed E-state index contributed by atoms with van der Waals surface area (Å²) in [5, 5.41) is 0. The largest absolute Gasteiger partial charge is 0.362 e. The number of aromatic nitrogens is 2. The van der Waals surface area contributed by atoms with E-state index in [1.165, 1.54) is 16.9 Å². The molecule has 0 unspecified atom stereocenters. The number of anilines is 1. The van der Waals surface area contributed by atoms with Crippen molar-refractivity contribution >= 4 is 5.69 Å². The topological polar surface area (TPSA) is 31.9 Å². The summed E-state index contributed by atoms with van der Waals surface area (Å²) in [5.74, 6) is 0.986.